The van der Waals surface area contributed by atoms with Gasteiger partial charge in [0.05, 0.1) is 19.8 Å². The van der Waals surface area contributed by atoms with Crippen molar-refractivity contribution in [2.75, 3.05) is 26.3 Å². The van der Waals surface area contributed by atoms with Crippen molar-refractivity contribution in [3.63, 3.8) is 0 Å². The number of benzene rings is 1. The van der Waals surface area contributed by atoms with Gasteiger partial charge in [-0.15, -0.1) is 0 Å². The first-order valence-corrected chi connectivity index (χ1v) is 10.00. The van der Waals surface area contributed by atoms with Crippen LogP contribution >= 0.6 is 0 Å². The molecule has 1 atom stereocenters. The number of unbranched alkanes of at least 4 members (excludes halogenated alkanes) is 1. The first-order valence-electron chi connectivity index (χ1n) is 10.00. The van der Waals surface area contributed by atoms with E-state index in [1.807, 2.05) is 30.3 Å². The summed E-state index contributed by atoms with van der Waals surface area (Å²) in [4.78, 5) is 26.7. The van der Waals surface area contributed by atoms with Crippen LogP contribution in [0.5, 0.6) is 0 Å². The number of pyridine rings is 1. The summed E-state index contributed by atoms with van der Waals surface area (Å²) in [6.07, 6.45) is 4.00. The molecule has 6 heteroatoms. The van der Waals surface area contributed by atoms with Crippen molar-refractivity contribution >= 4 is 5.91 Å². The van der Waals surface area contributed by atoms with Crippen molar-refractivity contribution in [2.24, 2.45) is 0 Å². The first-order chi connectivity index (χ1) is 13.7. The molecule has 28 heavy (non-hydrogen) atoms. The zero-order valence-electron chi connectivity index (χ0n) is 16.5. The predicted molar refractivity (Wildman–Crippen MR) is 109 cm³/mol. The smallest absolute Gasteiger partial charge is 0.250 e. The van der Waals surface area contributed by atoms with Crippen molar-refractivity contribution in [2.45, 2.75) is 38.9 Å². The van der Waals surface area contributed by atoms with Gasteiger partial charge in [-0.05, 0) is 30.2 Å². The normalized spacial score (nSPS) is 17.4. The maximum Gasteiger partial charge on any atom is 0.250 e. The van der Waals surface area contributed by atoms with Crippen LogP contribution in [0.3, 0.4) is 0 Å². The number of hydrogen-bond donors (Lipinski definition) is 1. The van der Waals surface area contributed by atoms with Gasteiger partial charge in [0.15, 0.2) is 0 Å². The zero-order chi connectivity index (χ0) is 19.8. The number of rotatable bonds is 8. The Kier molecular flexibility index (Phi) is 7.39. The SMILES string of the molecule is CCCCN1CCOC[C@@H]1C(=O)NCc1ccc(Cn2ccccc2=O)cc1. The number of hydrogen-bond acceptors (Lipinski definition) is 4. The van der Waals surface area contributed by atoms with Crippen LogP contribution in [0, 0.1) is 0 Å². The summed E-state index contributed by atoms with van der Waals surface area (Å²) in [5.41, 5.74) is 2.07. The quantitative estimate of drug-likeness (QED) is 0.758. The molecule has 1 N–H and O–H groups in total. The Morgan fingerprint density at radius 2 is 1.96 bits per heavy atom. The van der Waals surface area contributed by atoms with Gasteiger partial charge in [0.1, 0.15) is 6.04 Å². The number of carbonyl (C=O) groups is 1. The molecule has 1 aliphatic heterocycles. The molecule has 0 bridgehead atoms. The molecule has 1 amide bonds. The highest BCUT2D eigenvalue weighted by Gasteiger charge is 2.28. The van der Waals surface area contributed by atoms with Crippen LogP contribution in [0.4, 0.5) is 0 Å². The van der Waals surface area contributed by atoms with Gasteiger partial charge in [-0.25, -0.2) is 0 Å². The predicted octanol–water partition coefficient (Wildman–Crippen LogP) is 2.01. The van der Waals surface area contributed by atoms with Crippen LogP contribution in [0.25, 0.3) is 0 Å². The summed E-state index contributed by atoms with van der Waals surface area (Å²) in [7, 11) is 0. The molecule has 0 spiro atoms. The maximum atomic E-state index is 12.6. The van der Waals surface area contributed by atoms with Crippen molar-refractivity contribution in [3.05, 3.63) is 70.1 Å². The third kappa shape index (κ3) is 5.53. The van der Waals surface area contributed by atoms with Crippen LogP contribution in [0.15, 0.2) is 53.5 Å². The van der Waals surface area contributed by atoms with Crippen LogP contribution in [-0.2, 0) is 22.6 Å². The van der Waals surface area contributed by atoms with E-state index in [-0.39, 0.29) is 17.5 Å². The minimum Gasteiger partial charge on any atom is -0.378 e. The Hall–Kier alpha value is -2.44. The highest BCUT2D eigenvalue weighted by Crippen LogP contribution is 2.10. The highest BCUT2D eigenvalue weighted by molar-refractivity contribution is 5.82. The molecule has 0 aliphatic carbocycles. The Balaban J connectivity index is 1.53. The molecule has 1 fully saturated rings. The van der Waals surface area contributed by atoms with Crippen LogP contribution in [0.1, 0.15) is 30.9 Å². The molecule has 1 aromatic heterocycles. The number of morpholine rings is 1. The van der Waals surface area contributed by atoms with Gasteiger partial charge in [0.25, 0.3) is 5.56 Å². The van der Waals surface area contributed by atoms with E-state index in [2.05, 4.69) is 17.1 Å². The van der Waals surface area contributed by atoms with E-state index in [4.69, 9.17) is 4.74 Å². The number of amides is 1. The Morgan fingerprint density at radius 3 is 2.71 bits per heavy atom. The van der Waals surface area contributed by atoms with Gasteiger partial charge in [-0.3, -0.25) is 14.5 Å². The molecule has 150 valence electrons. The fourth-order valence-corrected chi connectivity index (χ4v) is 3.37. The fourth-order valence-electron chi connectivity index (χ4n) is 3.37. The second kappa shape index (κ2) is 10.2. The molecule has 0 unspecified atom stereocenters. The van der Waals surface area contributed by atoms with Crippen molar-refractivity contribution in [3.8, 4) is 0 Å². The zero-order valence-corrected chi connectivity index (χ0v) is 16.5. The molecule has 1 aromatic carbocycles. The van der Waals surface area contributed by atoms with Crippen molar-refractivity contribution < 1.29 is 9.53 Å². The Labute approximate surface area is 166 Å². The Bertz CT molecular complexity index is 816. The Morgan fingerprint density at radius 1 is 1.18 bits per heavy atom. The number of ether oxygens (including phenoxy) is 1. The van der Waals surface area contributed by atoms with E-state index in [1.54, 1.807) is 22.9 Å². The first kappa shape index (κ1) is 20.3. The van der Waals surface area contributed by atoms with E-state index in [0.29, 0.717) is 26.3 Å². The molecular weight excluding hydrogens is 354 g/mol. The molecule has 2 aromatic rings. The monoisotopic (exact) mass is 383 g/mol. The topological polar surface area (TPSA) is 63.6 Å². The number of carbonyl (C=O) groups excluding carboxylic acids is 1. The summed E-state index contributed by atoms with van der Waals surface area (Å²) < 4.78 is 7.19. The van der Waals surface area contributed by atoms with Crippen LogP contribution in [-0.4, -0.2) is 47.7 Å². The van der Waals surface area contributed by atoms with E-state index in [9.17, 15) is 9.59 Å². The van der Waals surface area contributed by atoms with Gasteiger partial charge in [0.2, 0.25) is 5.91 Å². The summed E-state index contributed by atoms with van der Waals surface area (Å²) in [6.45, 7) is 6.09. The molecule has 0 radical (unpaired) electrons. The van der Waals surface area contributed by atoms with Crippen molar-refractivity contribution in [1.82, 2.24) is 14.8 Å². The lowest BCUT2D eigenvalue weighted by Gasteiger charge is -2.34. The minimum atomic E-state index is -0.204. The number of nitrogens with one attached hydrogen (secondary N) is 1. The molecule has 0 saturated carbocycles. The molecule has 1 saturated heterocycles. The van der Waals surface area contributed by atoms with Crippen molar-refractivity contribution in [1.29, 1.82) is 0 Å². The lowest BCUT2D eigenvalue weighted by atomic mass is 10.1. The molecule has 1 aliphatic rings. The van der Waals surface area contributed by atoms with Gasteiger partial charge in [0, 0.05) is 25.4 Å². The average molecular weight is 383 g/mol. The molecular formula is C22H29N3O3. The maximum absolute atomic E-state index is 12.6. The molecule has 3 rings (SSSR count). The molecule has 2 heterocycles. The number of nitrogens with zero attached hydrogens (tertiary/aromatic N) is 2. The highest BCUT2D eigenvalue weighted by atomic mass is 16.5. The van der Waals surface area contributed by atoms with Gasteiger partial charge >= 0.3 is 0 Å². The van der Waals surface area contributed by atoms with Gasteiger partial charge in [-0.1, -0.05) is 43.7 Å². The largest absolute Gasteiger partial charge is 0.378 e. The van der Waals surface area contributed by atoms with Gasteiger partial charge in [-0.2, -0.15) is 0 Å². The second-order valence-corrected chi connectivity index (χ2v) is 7.18. The minimum absolute atomic E-state index is 0.0128. The summed E-state index contributed by atoms with van der Waals surface area (Å²) in [6, 6.07) is 12.9. The fraction of sp³-hybridized carbons (Fsp3) is 0.455. The van der Waals surface area contributed by atoms with E-state index in [1.165, 1.54) is 0 Å². The lowest BCUT2D eigenvalue weighted by Crippen LogP contribution is -2.53. The van der Waals surface area contributed by atoms with Crippen LogP contribution < -0.4 is 10.9 Å². The third-order valence-electron chi connectivity index (χ3n) is 5.08. The standard InChI is InChI=1S/C22H29N3O3/c1-2-3-11-24-13-14-28-17-20(24)22(27)23-15-18-7-9-19(10-8-18)16-25-12-5-4-6-21(25)26/h4-10,12,20H,2-3,11,13-17H2,1H3,(H,23,27)/t20-/m1/s1. The third-order valence-corrected chi connectivity index (χ3v) is 5.08. The molecule has 6 nitrogen and oxygen atoms in total. The second-order valence-electron chi connectivity index (χ2n) is 7.18. The van der Waals surface area contributed by atoms with Crippen LogP contribution in [0.2, 0.25) is 0 Å². The summed E-state index contributed by atoms with van der Waals surface area (Å²) >= 11 is 0. The summed E-state index contributed by atoms with van der Waals surface area (Å²) in [5, 5.41) is 3.04. The van der Waals surface area contributed by atoms with Gasteiger partial charge < -0.3 is 14.6 Å². The van der Waals surface area contributed by atoms with E-state index < -0.39 is 0 Å². The number of aromatic nitrogens is 1. The van der Waals surface area contributed by atoms with E-state index in [0.717, 1.165) is 37.1 Å². The average Bonchev–Trinajstić information content (AvgIpc) is 2.73. The van der Waals surface area contributed by atoms with E-state index >= 15 is 0 Å². The summed E-state index contributed by atoms with van der Waals surface area (Å²) in [5.74, 6) is 0.0238. The lowest BCUT2D eigenvalue weighted by molar-refractivity contribution is -0.132.